The molecule has 106 valence electrons. The minimum Gasteiger partial charge on any atom is -0.481 e. The second-order valence-electron chi connectivity index (χ2n) is 4.13. The van der Waals surface area contributed by atoms with Gasteiger partial charge in [0.2, 0.25) is 0 Å². The van der Waals surface area contributed by atoms with Crippen molar-refractivity contribution < 1.29 is 14.6 Å². The molecule has 1 aromatic heterocycles. The zero-order chi connectivity index (χ0) is 14.4. The zero-order valence-corrected chi connectivity index (χ0v) is 12.0. The number of imidazole rings is 1. The van der Waals surface area contributed by atoms with Crippen molar-refractivity contribution in [1.29, 1.82) is 0 Å². The lowest BCUT2D eigenvalue weighted by molar-refractivity contribution is -0.133. The van der Waals surface area contributed by atoms with E-state index in [4.69, 9.17) is 9.84 Å². The van der Waals surface area contributed by atoms with E-state index in [1.165, 1.54) is 11.8 Å². The van der Waals surface area contributed by atoms with E-state index in [1.54, 1.807) is 13.3 Å². The van der Waals surface area contributed by atoms with Gasteiger partial charge in [-0.05, 0) is 18.1 Å². The molecule has 0 aliphatic heterocycles. The normalized spacial score (nSPS) is 10.7. The molecule has 0 spiro atoms. The Kier molecular flexibility index (Phi) is 5.20. The lowest BCUT2D eigenvalue weighted by Crippen LogP contribution is -2.05. The van der Waals surface area contributed by atoms with Gasteiger partial charge in [-0.25, -0.2) is 4.98 Å². The summed E-state index contributed by atoms with van der Waals surface area (Å²) in [6.07, 6.45) is 4.32. The van der Waals surface area contributed by atoms with Crippen molar-refractivity contribution in [3.05, 3.63) is 42.2 Å². The Hall–Kier alpha value is -1.79. The molecule has 0 saturated heterocycles. The number of carboxylic acids is 1. The molecule has 1 heterocycles. The van der Waals surface area contributed by atoms with Gasteiger partial charge in [-0.15, -0.1) is 0 Å². The van der Waals surface area contributed by atoms with E-state index in [1.807, 2.05) is 35.0 Å². The quantitative estimate of drug-likeness (QED) is 0.793. The molecule has 0 unspecified atom stereocenters. The number of rotatable bonds is 7. The molecule has 0 amide bonds. The molecule has 6 heteroatoms. The highest BCUT2D eigenvalue weighted by molar-refractivity contribution is 7.99. The fourth-order valence-electron chi connectivity index (χ4n) is 1.88. The highest BCUT2D eigenvalue weighted by Gasteiger charge is 2.10. The summed E-state index contributed by atoms with van der Waals surface area (Å²) < 4.78 is 7.03. The maximum absolute atomic E-state index is 10.7. The Morgan fingerprint density at radius 2 is 2.25 bits per heavy atom. The van der Waals surface area contributed by atoms with Crippen molar-refractivity contribution >= 4 is 17.7 Å². The third-order valence-corrected chi connectivity index (χ3v) is 3.71. The van der Waals surface area contributed by atoms with Crippen LogP contribution < -0.4 is 0 Å². The second kappa shape index (κ2) is 7.12. The standard InChI is InChI=1S/C14H16N2O3S/c1-19-9-6-11-4-2-3-5-12(11)16-8-7-15-14(16)20-10-13(17)18/h2-5,7-8H,6,9-10H2,1H3,(H,17,18). The molecule has 0 atom stereocenters. The number of ether oxygens (including phenoxy) is 1. The van der Waals surface area contributed by atoms with Crippen LogP contribution >= 0.6 is 11.8 Å². The van der Waals surface area contributed by atoms with Crippen LogP contribution in [0.5, 0.6) is 0 Å². The number of benzene rings is 1. The van der Waals surface area contributed by atoms with Gasteiger partial charge in [0.05, 0.1) is 18.0 Å². The van der Waals surface area contributed by atoms with Gasteiger partial charge in [0, 0.05) is 19.5 Å². The van der Waals surface area contributed by atoms with Gasteiger partial charge in [0.25, 0.3) is 0 Å². The van der Waals surface area contributed by atoms with Crippen LogP contribution in [0.1, 0.15) is 5.56 Å². The summed E-state index contributed by atoms with van der Waals surface area (Å²) in [6.45, 7) is 0.642. The second-order valence-corrected chi connectivity index (χ2v) is 5.08. The van der Waals surface area contributed by atoms with Crippen LogP contribution in [0.15, 0.2) is 41.8 Å². The summed E-state index contributed by atoms with van der Waals surface area (Å²) in [5, 5.41) is 9.45. The van der Waals surface area contributed by atoms with Crippen LogP contribution in [0.3, 0.4) is 0 Å². The first-order chi connectivity index (χ1) is 9.72. The predicted molar refractivity (Wildman–Crippen MR) is 77.5 cm³/mol. The SMILES string of the molecule is COCCc1ccccc1-n1ccnc1SCC(=O)O. The van der Waals surface area contributed by atoms with Gasteiger partial charge >= 0.3 is 5.97 Å². The van der Waals surface area contributed by atoms with E-state index in [9.17, 15) is 4.79 Å². The van der Waals surface area contributed by atoms with Crippen molar-refractivity contribution in [3.8, 4) is 5.69 Å². The van der Waals surface area contributed by atoms with Crippen molar-refractivity contribution in [3.63, 3.8) is 0 Å². The summed E-state index contributed by atoms with van der Waals surface area (Å²) >= 11 is 1.21. The molecule has 1 aromatic carbocycles. The lowest BCUT2D eigenvalue weighted by atomic mass is 10.1. The average molecular weight is 292 g/mol. The van der Waals surface area contributed by atoms with E-state index >= 15 is 0 Å². The van der Waals surface area contributed by atoms with Crippen LogP contribution in [0.4, 0.5) is 0 Å². The number of aromatic nitrogens is 2. The number of hydrogen-bond donors (Lipinski definition) is 1. The third kappa shape index (κ3) is 3.61. The van der Waals surface area contributed by atoms with Gasteiger partial charge in [0.1, 0.15) is 0 Å². The molecular formula is C14H16N2O3S. The first kappa shape index (κ1) is 14.6. The molecule has 0 bridgehead atoms. The maximum Gasteiger partial charge on any atom is 0.313 e. The van der Waals surface area contributed by atoms with Gasteiger partial charge in [-0.1, -0.05) is 30.0 Å². The molecule has 0 radical (unpaired) electrons. The molecule has 0 saturated carbocycles. The molecule has 0 aliphatic carbocycles. The van der Waals surface area contributed by atoms with E-state index in [0.29, 0.717) is 11.8 Å². The molecule has 2 rings (SSSR count). The number of nitrogens with zero attached hydrogens (tertiary/aromatic N) is 2. The maximum atomic E-state index is 10.7. The Balaban J connectivity index is 2.27. The number of methoxy groups -OCH3 is 1. The molecule has 0 aliphatic rings. The third-order valence-electron chi connectivity index (χ3n) is 2.76. The van der Waals surface area contributed by atoms with Crippen LogP contribution in [-0.4, -0.2) is 40.1 Å². The highest BCUT2D eigenvalue weighted by Crippen LogP contribution is 2.23. The molecule has 0 fully saturated rings. The summed E-state index contributed by atoms with van der Waals surface area (Å²) in [7, 11) is 1.67. The van der Waals surface area contributed by atoms with E-state index in [-0.39, 0.29) is 5.75 Å². The summed E-state index contributed by atoms with van der Waals surface area (Å²) in [5.74, 6) is -0.853. The van der Waals surface area contributed by atoms with E-state index < -0.39 is 5.97 Å². The van der Waals surface area contributed by atoms with Crippen molar-refractivity contribution in [1.82, 2.24) is 9.55 Å². The topological polar surface area (TPSA) is 64.4 Å². The first-order valence-electron chi connectivity index (χ1n) is 6.17. The summed E-state index contributed by atoms with van der Waals surface area (Å²) in [6, 6.07) is 7.98. The molecule has 20 heavy (non-hydrogen) atoms. The lowest BCUT2D eigenvalue weighted by Gasteiger charge is -2.12. The number of hydrogen-bond acceptors (Lipinski definition) is 4. The Morgan fingerprint density at radius 1 is 1.45 bits per heavy atom. The number of para-hydroxylation sites is 1. The number of thioether (sulfide) groups is 1. The van der Waals surface area contributed by atoms with E-state index in [0.717, 1.165) is 17.7 Å². The Bertz CT molecular complexity index is 583. The van der Waals surface area contributed by atoms with E-state index in [2.05, 4.69) is 4.98 Å². The van der Waals surface area contributed by atoms with Crippen molar-refractivity contribution in [2.45, 2.75) is 11.6 Å². The zero-order valence-electron chi connectivity index (χ0n) is 11.2. The van der Waals surface area contributed by atoms with Crippen molar-refractivity contribution in [2.24, 2.45) is 0 Å². The predicted octanol–water partition coefficient (Wildman–Crippen LogP) is 2.24. The summed E-state index contributed by atoms with van der Waals surface area (Å²) in [5.41, 5.74) is 2.15. The van der Waals surface area contributed by atoms with Crippen LogP contribution in [-0.2, 0) is 16.0 Å². The number of carboxylic acid groups (broad SMARTS) is 1. The van der Waals surface area contributed by atoms with Gasteiger partial charge < -0.3 is 9.84 Å². The molecule has 2 aromatic rings. The molecular weight excluding hydrogens is 276 g/mol. The molecule has 1 N–H and O–H groups in total. The van der Waals surface area contributed by atoms with Gasteiger partial charge in [-0.3, -0.25) is 9.36 Å². The number of aliphatic carboxylic acids is 1. The van der Waals surface area contributed by atoms with Crippen LogP contribution in [0, 0.1) is 0 Å². The minimum absolute atomic E-state index is 0.00273. The number of carbonyl (C=O) groups is 1. The fraction of sp³-hybridized carbons (Fsp3) is 0.286. The molecule has 5 nitrogen and oxygen atoms in total. The average Bonchev–Trinajstić information content (AvgIpc) is 2.91. The monoisotopic (exact) mass is 292 g/mol. The first-order valence-corrected chi connectivity index (χ1v) is 7.16. The van der Waals surface area contributed by atoms with Gasteiger partial charge in [0.15, 0.2) is 5.16 Å². The highest BCUT2D eigenvalue weighted by atomic mass is 32.2. The smallest absolute Gasteiger partial charge is 0.313 e. The van der Waals surface area contributed by atoms with Crippen LogP contribution in [0.25, 0.3) is 5.69 Å². The fourth-order valence-corrected chi connectivity index (χ4v) is 2.56. The Morgan fingerprint density at radius 3 is 3.00 bits per heavy atom. The van der Waals surface area contributed by atoms with Crippen molar-refractivity contribution in [2.75, 3.05) is 19.5 Å². The minimum atomic E-state index is -0.850. The largest absolute Gasteiger partial charge is 0.481 e. The van der Waals surface area contributed by atoms with Gasteiger partial charge in [-0.2, -0.15) is 0 Å². The van der Waals surface area contributed by atoms with Crippen LogP contribution in [0.2, 0.25) is 0 Å². The Labute approximate surface area is 121 Å². The summed E-state index contributed by atoms with van der Waals surface area (Å²) in [4.78, 5) is 14.9.